The van der Waals surface area contributed by atoms with Crippen LogP contribution in [0.15, 0.2) is 53.1 Å². The van der Waals surface area contributed by atoms with Crippen molar-refractivity contribution in [2.75, 3.05) is 5.73 Å². The molecule has 0 amide bonds. The van der Waals surface area contributed by atoms with Gasteiger partial charge in [-0.1, -0.05) is 18.2 Å². The average Bonchev–Trinajstić information content (AvgIpc) is 3.28. The zero-order chi connectivity index (χ0) is 17.4. The maximum Gasteiger partial charge on any atom is 0.142 e. The minimum Gasteiger partial charge on any atom is -0.459 e. The Morgan fingerprint density at radius 3 is 2.80 bits per heavy atom. The molecule has 0 saturated carbocycles. The van der Waals surface area contributed by atoms with E-state index in [4.69, 9.17) is 10.2 Å². The molecule has 0 atom stereocenters. The molecule has 3 heterocycles. The van der Waals surface area contributed by atoms with E-state index in [1.807, 2.05) is 30.5 Å². The van der Waals surface area contributed by atoms with Gasteiger partial charge in [0.2, 0.25) is 0 Å². The Bertz CT molecular complexity index is 1120. The number of nitrogens with zero attached hydrogens (tertiary/aromatic N) is 2. The van der Waals surface area contributed by atoms with Crippen molar-refractivity contribution in [3.05, 3.63) is 60.0 Å². The molecule has 25 heavy (non-hydrogen) atoms. The van der Waals surface area contributed by atoms with E-state index in [0.717, 1.165) is 16.5 Å². The van der Waals surface area contributed by atoms with E-state index >= 15 is 0 Å². The van der Waals surface area contributed by atoms with Gasteiger partial charge in [0.1, 0.15) is 35.6 Å². The highest BCUT2D eigenvalue weighted by molar-refractivity contribution is 5.95. The maximum absolute atomic E-state index is 9.45. The molecule has 4 N–H and O–H groups in total. The topological polar surface area (TPSA) is 112 Å². The predicted molar refractivity (Wildman–Crippen MR) is 94.3 cm³/mol. The summed E-state index contributed by atoms with van der Waals surface area (Å²) in [5.74, 6) is 1.03. The number of aliphatic hydroxyl groups is 1. The van der Waals surface area contributed by atoms with Gasteiger partial charge in [0.15, 0.2) is 0 Å². The molecule has 0 fully saturated rings. The van der Waals surface area contributed by atoms with Gasteiger partial charge >= 0.3 is 0 Å². The van der Waals surface area contributed by atoms with Gasteiger partial charge in [-0.05, 0) is 24.3 Å². The number of pyridine rings is 1. The first kappa shape index (κ1) is 15.0. The SMILES string of the molecule is N#Cc1c(-c2ccc(CO)o2)cc(-c2c[nH]c3ccccc23)nc1N. The number of hydrogen-bond donors (Lipinski definition) is 3. The van der Waals surface area contributed by atoms with Gasteiger partial charge in [-0.2, -0.15) is 5.26 Å². The Hall–Kier alpha value is -3.56. The van der Waals surface area contributed by atoms with Crippen LogP contribution in [0.2, 0.25) is 0 Å². The van der Waals surface area contributed by atoms with Gasteiger partial charge in [0.05, 0.1) is 5.69 Å². The molecule has 0 aliphatic carbocycles. The van der Waals surface area contributed by atoms with E-state index in [2.05, 4.69) is 16.0 Å². The highest BCUT2D eigenvalue weighted by Crippen LogP contribution is 2.34. The van der Waals surface area contributed by atoms with Crippen LogP contribution in [-0.4, -0.2) is 15.1 Å². The molecule has 4 rings (SSSR count). The first-order valence-corrected chi connectivity index (χ1v) is 7.68. The zero-order valence-electron chi connectivity index (χ0n) is 13.2. The first-order valence-electron chi connectivity index (χ1n) is 7.68. The number of hydrogen-bond acceptors (Lipinski definition) is 5. The molecular formula is C19H14N4O2. The molecule has 3 aromatic heterocycles. The summed E-state index contributed by atoms with van der Waals surface area (Å²) in [5, 5.41) is 19.7. The third-order valence-corrected chi connectivity index (χ3v) is 4.11. The molecule has 122 valence electrons. The lowest BCUT2D eigenvalue weighted by Gasteiger charge is -2.08. The molecular weight excluding hydrogens is 316 g/mol. The molecule has 1 aromatic carbocycles. The highest BCUT2D eigenvalue weighted by Gasteiger charge is 2.17. The summed E-state index contributed by atoms with van der Waals surface area (Å²) >= 11 is 0. The van der Waals surface area contributed by atoms with Crippen molar-refractivity contribution < 1.29 is 9.52 Å². The summed E-state index contributed by atoms with van der Waals surface area (Å²) in [4.78, 5) is 7.60. The summed E-state index contributed by atoms with van der Waals surface area (Å²) in [6, 6.07) is 15.1. The van der Waals surface area contributed by atoms with Crippen LogP contribution in [0.3, 0.4) is 0 Å². The van der Waals surface area contributed by atoms with E-state index in [1.54, 1.807) is 18.2 Å². The second-order valence-electron chi connectivity index (χ2n) is 5.60. The smallest absolute Gasteiger partial charge is 0.142 e. The number of nitrogen functional groups attached to an aromatic ring is 1. The van der Waals surface area contributed by atoms with Crippen molar-refractivity contribution in [1.29, 1.82) is 5.26 Å². The lowest BCUT2D eigenvalue weighted by molar-refractivity contribution is 0.248. The summed E-state index contributed by atoms with van der Waals surface area (Å²) in [7, 11) is 0. The fourth-order valence-corrected chi connectivity index (χ4v) is 2.91. The van der Waals surface area contributed by atoms with Crippen LogP contribution in [0.25, 0.3) is 33.5 Å². The van der Waals surface area contributed by atoms with Crippen molar-refractivity contribution in [3.63, 3.8) is 0 Å². The van der Waals surface area contributed by atoms with Crippen LogP contribution in [-0.2, 0) is 6.61 Å². The summed E-state index contributed by atoms with van der Waals surface area (Å²) in [6.07, 6.45) is 1.86. The second-order valence-corrected chi connectivity index (χ2v) is 5.60. The van der Waals surface area contributed by atoms with Crippen molar-refractivity contribution in [3.8, 4) is 28.7 Å². The lowest BCUT2D eigenvalue weighted by atomic mass is 10.0. The molecule has 0 spiro atoms. The number of anilines is 1. The van der Waals surface area contributed by atoms with Gasteiger partial charge in [-0.15, -0.1) is 0 Å². The lowest BCUT2D eigenvalue weighted by Crippen LogP contribution is -1.99. The Morgan fingerprint density at radius 2 is 2.04 bits per heavy atom. The fourth-order valence-electron chi connectivity index (χ4n) is 2.91. The standard InChI is InChI=1S/C19H14N4O2/c20-8-14-13(18-6-5-11(10-24)25-18)7-17(23-19(14)21)15-9-22-16-4-2-1-3-12(15)16/h1-7,9,22,24H,10H2,(H2,21,23). The van der Waals surface area contributed by atoms with E-state index in [9.17, 15) is 10.4 Å². The molecule has 0 unspecified atom stereocenters. The Morgan fingerprint density at radius 1 is 1.20 bits per heavy atom. The fraction of sp³-hybridized carbons (Fsp3) is 0.0526. The van der Waals surface area contributed by atoms with Gasteiger partial charge in [-0.3, -0.25) is 0 Å². The van der Waals surface area contributed by atoms with Gasteiger partial charge in [-0.25, -0.2) is 4.98 Å². The number of fused-ring (bicyclic) bond motifs is 1. The second kappa shape index (κ2) is 5.82. The normalized spacial score (nSPS) is 10.9. The number of aromatic amines is 1. The molecule has 0 aliphatic heterocycles. The molecule has 0 bridgehead atoms. The minimum absolute atomic E-state index is 0.141. The highest BCUT2D eigenvalue weighted by atomic mass is 16.4. The first-order chi connectivity index (χ1) is 12.2. The monoisotopic (exact) mass is 330 g/mol. The van der Waals surface area contributed by atoms with Crippen LogP contribution < -0.4 is 5.73 Å². The number of nitrogens with two attached hydrogens (primary N) is 1. The Labute approximate surface area is 143 Å². The van der Waals surface area contributed by atoms with E-state index in [-0.39, 0.29) is 18.0 Å². The van der Waals surface area contributed by atoms with Crippen molar-refractivity contribution in [2.45, 2.75) is 6.61 Å². The van der Waals surface area contributed by atoms with E-state index < -0.39 is 0 Å². The summed E-state index contributed by atoms with van der Waals surface area (Å²) in [5.41, 5.74) is 9.35. The number of furan rings is 1. The third kappa shape index (κ3) is 2.43. The quantitative estimate of drug-likeness (QED) is 0.533. The van der Waals surface area contributed by atoms with Crippen LogP contribution in [0.5, 0.6) is 0 Å². The van der Waals surface area contributed by atoms with Crippen LogP contribution in [0.4, 0.5) is 5.82 Å². The molecule has 6 nitrogen and oxygen atoms in total. The van der Waals surface area contributed by atoms with Crippen molar-refractivity contribution in [1.82, 2.24) is 9.97 Å². The zero-order valence-corrected chi connectivity index (χ0v) is 13.2. The molecule has 0 aliphatic rings. The summed E-state index contributed by atoms with van der Waals surface area (Å²) < 4.78 is 5.58. The number of nitriles is 1. The molecule has 0 saturated heterocycles. The minimum atomic E-state index is -0.211. The maximum atomic E-state index is 9.45. The largest absolute Gasteiger partial charge is 0.459 e. The van der Waals surface area contributed by atoms with E-state index in [0.29, 0.717) is 22.8 Å². The Kier molecular flexibility index (Phi) is 3.49. The number of para-hydroxylation sites is 1. The number of H-pyrrole nitrogens is 1. The number of aliphatic hydroxyl groups excluding tert-OH is 1. The van der Waals surface area contributed by atoms with Crippen molar-refractivity contribution >= 4 is 16.7 Å². The van der Waals surface area contributed by atoms with Crippen LogP contribution >= 0.6 is 0 Å². The molecule has 4 aromatic rings. The van der Waals surface area contributed by atoms with Gasteiger partial charge in [0.25, 0.3) is 0 Å². The van der Waals surface area contributed by atoms with Crippen LogP contribution in [0, 0.1) is 11.3 Å². The number of benzene rings is 1. The average molecular weight is 330 g/mol. The van der Waals surface area contributed by atoms with Gasteiger partial charge < -0.3 is 20.2 Å². The third-order valence-electron chi connectivity index (χ3n) is 4.11. The summed E-state index contributed by atoms with van der Waals surface area (Å²) in [6.45, 7) is -0.211. The van der Waals surface area contributed by atoms with Crippen molar-refractivity contribution in [2.24, 2.45) is 0 Å². The molecule has 6 heteroatoms. The predicted octanol–water partition coefficient (Wildman–Crippen LogP) is 3.44. The number of aromatic nitrogens is 2. The molecule has 0 radical (unpaired) electrons. The Balaban J connectivity index is 1.95. The number of rotatable bonds is 3. The van der Waals surface area contributed by atoms with Crippen LogP contribution in [0.1, 0.15) is 11.3 Å². The number of nitrogens with one attached hydrogen (secondary N) is 1. The van der Waals surface area contributed by atoms with E-state index in [1.165, 1.54) is 0 Å². The van der Waals surface area contributed by atoms with Gasteiger partial charge in [0, 0.05) is 28.2 Å².